The molecule has 1 atom stereocenters. The molecule has 3 nitrogen and oxygen atoms in total. The monoisotopic (exact) mass is 304 g/mol. The fourth-order valence-electron chi connectivity index (χ4n) is 2.38. The van der Waals surface area contributed by atoms with Crippen LogP contribution in [-0.4, -0.2) is 26.1 Å². The molecule has 0 fully saturated rings. The third-order valence-corrected chi connectivity index (χ3v) is 4.37. The number of anilines is 1. The lowest BCUT2D eigenvalue weighted by atomic mass is 10.1. The molecule has 2 aromatic rings. The number of ether oxygens (including phenoxy) is 1. The molecule has 1 heterocycles. The minimum Gasteiger partial charge on any atom is -0.495 e. The van der Waals surface area contributed by atoms with E-state index in [1.54, 1.807) is 18.4 Å². The lowest BCUT2D eigenvalue weighted by molar-refractivity contribution is 0.400. The average Bonchev–Trinajstić information content (AvgIpc) is 2.98. The van der Waals surface area contributed by atoms with Crippen molar-refractivity contribution in [1.29, 1.82) is 0 Å². The van der Waals surface area contributed by atoms with E-state index in [2.05, 4.69) is 60.9 Å². The van der Waals surface area contributed by atoms with E-state index in [1.165, 1.54) is 10.4 Å². The molecular weight excluding hydrogens is 280 g/mol. The Hall–Kier alpha value is -1.52. The van der Waals surface area contributed by atoms with Crippen LogP contribution in [0.4, 0.5) is 5.69 Å². The second-order valence-corrected chi connectivity index (χ2v) is 6.37. The van der Waals surface area contributed by atoms with E-state index < -0.39 is 0 Å². The van der Waals surface area contributed by atoms with E-state index in [0.717, 1.165) is 24.4 Å². The molecule has 0 aliphatic rings. The fraction of sp³-hybridized carbons (Fsp3) is 0.412. The number of hydrogen-bond donors (Lipinski definition) is 1. The normalized spacial score (nSPS) is 12.4. The highest BCUT2D eigenvalue weighted by molar-refractivity contribution is 7.10. The number of nitrogens with zero attached hydrogens (tertiary/aromatic N) is 1. The van der Waals surface area contributed by atoms with Crippen LogP contribution in [0.15, 0.2) is 35.7 Å². The molecule has 114 valence electrons. The van der Waals surface area contributed by atoms with Crippen LogP contribution in [0.3, 0.4) is 0 Å². The maximum atomic E-state index is 5.50. The molecule has 0 amide bonds. The molecule has 0 spiro atoms. The first-order chi connectivity index (χ1) is 10.1. The summed E-state index contributed by atoms with van der Waals surface area (Å²) >= 11 is 1.79. The van der Waals surface area contributed by atoms with Gasteiger partial charge in [0, 0.05) is 11.4 Å². The van der Waals surface area contributed by atoms with Crippen LogP contribution in [0, 0.1) is 0 Å². The molecule has 1 aromatic heterocycles. The average molecular weight is 304 g/mol. The molecule has 2 rings (SSSR count). The molecule has 1 N–H and O–H groups in total. The second kappa shape index (κ2) is 7.48. The molecule has 21 heavy (non-hydrogen) atoms. The molecule has 1 unspecified atom stereocenters. The summed E-state index contributed by atoms with van der Waals surface area (Å²) < 4.78 is 5.50. The number of rotatable bonds is 7. The molecule has 0 bridgehead atoms. The largest absolute Gasteiger partial charge is 0.495 e. The summed E-state index contributed by atoms with van der Waals surface area (Å²) in [4.78, 5) is 3.53. The standard InChI is InChI=1S/C17H24N2OS/c1-5-14(17-7-6-10-21-17)18-15-11-13(12-19(2)3)8-9-16(15)20-4/h6-11,14,18H,5,12H2,1-4H3. The van der Waals surface area contributed by atoms with Gasteiger partial charge in [0.2, 0.25) is 0 Å². The number of hydrogen-bond acceptors (Lipinski definition) is 4. The topological polar surface area (TPSA) is 24.5 Å². The zero-order valence-corrected chi connectivity index (χ0v) is 14.0. The maximum Gasteiger partial charge on any atom is 0.141 e. The number of benzene rings is 1. The number of methoxy groups -OCH3 is 1. The van der Waals surface area contributed by atoms with Crippen LogP contribution in [0.5, 0.6) is 5.75 Å². The Kier molecular flexibility index (Phi) is 5.65. The Morgan fingerprint density at radius 3 is 2.67 bits per heavy atom. The summed E-state index contributed by atoms with van der Waals surface area (Å²) in [5.74, 6) is 0.896. The van der Waals surface area contributed by atoms with Gasteiger partial charge in [-0.15, -0.1) is 11.3 Å². The summed E-state index contributed by atoms with van der Waals surface area (Å²) in [6, 6.07) is 11.0. The van der Waals surface area contributed by atoms with Gasteiger partial charge in [-0.05, 0) is 49.7 Å². The van der Waals surface area contributed by atoms with Crippen LogP contribution in [0.1, 0.15) is 29.8 Å². The molecule has 0 saturated carbocycles. The van der Waals surface area contributed by atoms with Crippen molar-refractivity contribution in [2.24, 2.45) is 0 Å². The zero-order valence-electron chi connectivity index (χ0n) is 13.2. The van der Waals surface area contributed by atoms with Crippen LogP contribution in [-0.2, 0) is 6.54 Å². The Morgan fingerprint density at radius 2 is 2.10 bits per heavy atom. The third kappa shape index (κ3) is 4.22. The first kappa shape index (κ1) is 15.9. The summed E-state index contributed by atoms with van der Waals surface area (Å²) in [5, 5.41) is 5.76. The van der Waals surface area contributed by atoms with Gasteiger partial charge >= 0.3 is 0 Å². The molecular formula is C17H24N2OS. The summed E-state index contributed by atoms with van der Waals surface area (Å²) in [5.41, 5.74) is 2.35. The fourth-order valence-corrected chi connectivity index (χ4v) is 3.24. The van der Waals surface area contributed by atoms with Gasteiger partial charge in [-0.1, -0.05) is 19.1 Å². The van der Waals surface area contributed by atoms with Crippen molar-refractivity contribution in [3.63, 3.8) is 0 Å². The van der Waals surface area contributed by atoms with Gasteiger partial charge in [0.15, 0.2) is 0 Å². The molecule has 1 aromatic carbocycles. The summed E-state index contributed by atoms with van der Waals surface area (Å²) in [7, 11) is 5.88. The Bertz CT molecular complexity index is 552. The van der Waals surface area contributed by atoms with Crippen molar-refractivity contribution in [2.75, 3.05) is 26.5 Å². The lowest BCUT2D eigenvalue weighted by Crippen LogP contribution is -2.12. The van der Waals surface area contributed by atoms with E-state index in [4.69, 9.17) is 4.74 Å². The smallest absolute Gasteiger partial charge is 0.141 e. The Morgan fingerprint density at radius 1 is 1.29 bits per heavy atom. The van der Waals surface area contributed by atoms with Crippen molar-refractivity contribution in [1.82, 2.24) is 4.90 Å². The van der Waals surface area contributed by atoms with Crippen LogP contribution in [0.2, 0.25) is 0 Å². The van der Waals surface area contributed by atoms with Crippen molar-refractivity contribution in [3.05, 3.63) is 46.2 Å². The Labute approximate surface area is 131 Å². The Balaban J connectivity index is 2.23. The summed E-state index contributed by atoms with van der Waals surface area (Å²) in [6.07, 6.45) is 1.04. The minimum absolute atomic E-state index is 0.327. The zero-order chi connectivity index (χ0) is 15.2. The lowest BCUT2D eigenvalue weighted by Gasteiger charge is -2.20. The van der Waals surface area contributed by atoms with Gasteiger partial charge in [0.05, 0.1) is 18.8 Å². The first-order valence-corrected chi connectivity index (χ1v) is 8.13. The van der Waals surface area contributed by atoms with Crippen molar-refractivity contribution in [2.45, 2.75) is 25.9 Å². The van der Waals surface area contributed by atoms with Gasteiger partial charge in [-0.25, -0.2) is 0 Å². The van der Waals surface area contributed by atoms with Crippen molar-refractivity contribution < 1.29 is 4.74 Å². The van der Waals surface area contributed by atoms with Crippen LogP contribution >= 0.6 is 11.3 Å². The predicted molar refractivity (Wildman–Crippen MR) is 91.4 cm³/mol. The molecule has 4 heteroatoms. The van der Waals surface area contributed by atoms with E-state index in [1.807, 2.05) is 6.07 Å². The molecule has 0 aliphatic carbocycles. The van der Waals surface area contributed by atoms with Gasteiger partial charge in [-0.3, -0.25) is 0 Å². The van der Waals surface area contributed by atoms with Gasteiger partial charge in [0.1, 0.15) is 5.75 Å². The number of thiophene rings is 1. The van der Waals surface area contributed by atoms with E-state index in [9.17, 15) is 0 Å². The SMILES string of the molecule is CCC(Nc1cc(CN(C)C)ccc1OC)c1cccs1. The van der Waals surface area contributed by atoms with E-state index in [-0.39, 0.29) is 0 Å². The van der Waals surface area contributed by atoms with Crippen molar-refractivity contribution >= 4 is 17.0 Å². The molecule has 0 aliphatic heterocycles. The van der Waals surface area contributed by atoms with Crippen molar-refractivity contribution in [3.8, 4) is 5.75 Å². The van der Waals surface area contributed by atoms with Gasteiger partial charge < -0.3 is 15.0 Å². The van der Waals surface area contributed by atoms with Crippen LogP contribution < -0.4 is 10.1 Å². The highest BCUT2D eigenvalue weighted by atomic mass is 32.1. The highest BCUT2D eigenvalue weighted by Gasteiger charge is 2.13. The first-order valence-electron chi connectivity index (χ1n) is 7.25. The van der Waals surface area contributed by atoms with Gasteiger partial charge in [0.25, 0.3) is 0 Å². The molecule has 0 saturated heterocycles. The number of nitrogens with one attached hydrogen (secondary N) is 1. The van der Waals surface area contributed by atoms with E-state index in [0.29, 0.717) is 6.04 Å². The minimum atomic E-state index is 0.327. The van der Waals surface area contributed by atoms with Crippen LogP contribution in [0.25, 0.3) is 0 Å². The summed E-state index contributed by atoms with van der Waals surface area (Å²) in [6.45, 7) is 3.13. The maximum absolute atomic E-state index is 5.50. The second-order valence-electron chi connectivity index (χ2n) is 5.39. The van der Waals surface area contributed by atoms with E-state index >= 15 is 0 Å². The van der Waals surface area contributed by atoms with Gasteiger partial charge in [-0.2, -0.15) is 0 Å². The predicted octanol–water partition coefficient (Wildman–Crippen LogP) is 4.38. The third-order valence-electron chi connectivity index (χ3n) is 3.39. The molecule has 0 radical (unpaired) electrons. The quantitative estimate of drug-likeness (QED) is 0.821. The highest BCUT2D eigenvalue weighted by Crippen LogP contribution is 2.32.